The lowest BCUT2D eigenvalue weighted by Crippen LogP contribution is -2.25. The second-order valence-corrected chi connectivity index (χ2v) is 8.63. The van der Waals surface area contributed by atoms with Crippen LogP contribution in [-0.2, 0) is 13.8 Å². The van der Waals surface area contributed by atoms with Gasteiger partial charge in [-0.2, -0.15) is 4.98 Å². The van der Waals surface area contributed by atoms with Crippen LogP contribution in [0.2, 0.25) is 0 Å². The van der Waals surface area contributed by atoms with E-state index in [-0.39, 0.29) is 36.6 Å². The molecule has 6 nitrogen and oxygen atoms in total. The average Bonchev–Trinajstić information content (AvgIpc) is 2.89. The van der Waals surface area contributed by atoms with Gasteiger partial charge in [0.05, 0.1) is 5.75 Å². The van der Waals surface area contributed by atoms with Gasteiger partial charge in [-0.25, -0.2) is 8.42 Å². The van der Waals surface area contributed by atoms with Gasteiger partial charge in [0, 0.05) is 34.0 Å². The number of halogens is 2. The number of nitrogens with zero attached hydrogens (tertiary/aromatic N) is 2. The summed E-state index contributed by atoms with van der Waals surface area (Å²) in [4.78, 5) is 17.6. The maximum Gasteiger partial charge on any atom is 0.305 e. The Kier molecular flexibility index (Phi) is 3.71. The van der Waals surface area contributed by atoms with Gasteiger partial charge in [-0.05, 0) is 18.2 Å². The van der Waals surface area contributed by atoms with Crippen molar-refractivity contribution in [3.8, 4) is 0 Å². The highest BCUT2D eigenvalue weighted by Crippen LogP contribution is 2.30. The van der Waals surface area contributed by atoms with Crippen molar-refractivity contribution in [2.75, 3.05) is 17.2 Å². The van der Waals surface area contributed by atoms with Crippen LogP contribution in [0.4, 0.5) is 6.01 Å². The molecule has 21 heavy (non-hydrogen) atoms. The molecule has 1 aliphatic heterocycles. The standard InChI is InChI=1S/C12H10BrClN2O4S/c13-8-1-2-9-10(4-8)20-12(15-9)16-5-7(3-11(16)17)6-21(14,18)19/h1-2,4,7H,3,5-6H2. The first-order valence-electron chi connectivity index (χ1n) is 6.10. The topological polar surface area (TPSA) is 80.5 Å². The molecule has 0 aliphatic carbocycles. The number of amides is 1. The molecule has 0 bridgehead atoms. The monoisotopic (exact) mass is 392 g/mol. The fourth-order valence-corrected chi connectivity index (χ4v) is 4.02. The summed E-state index contributed by atoms with van der Waals surface area (Å²) in [6, 6.07) is 5.53. The maximum absolute atomic E-state index is 12.0. The van der Waals surface area contributed by atoms with Gasteiger partial charge in [-0.15, -0.1) is 0 Å². The van der Waals surface area contributed by atoms with E-state index in [9.17, 15) is 13.2 Å². The molecule has 0 saturated carbocycles. The van der Waals surface area contributed by atoms with Crippen LogP contribution in [0.3, 0.4) is 0 Å². The van der Waals surface area contributed by atoms with Gasteiger partial charge >= 0.3 is 6.01 Å². The van der Waals surface area contributed by atoms with Crippen LogP contribution in [0.25, 0.3) is 11.1 Å². The quantitative estimate of drug-likeness (QED) is 0.749. The summed E-state index contributed by atoms with van der Waals surface area (Å²) in [5.41, 5.74) is 1.19. The lowest BCUT2D eigenvalue weighted by molar-refractivity contribution is -0.117. The third-order valence-electron chi connectivity index (χ3n) is 3.21. The number of rotatable bonds is 3. The Morgan fingerprint density at radius 2 is 2.24 bits per heavy atom. The molecule has 112 valence electrons. The summed E-state index contributed by atoms with van der Waals surface area (Å²) in [5.74, 6) is -0.796. The molecule has 3 rings (SSSR count). The normalized spacial score (nSPS) is 19.6. The van der Waals surface area contributed by atoms with E-state index in [1.165, 1.54) is 4.90 Å². The van der Waals surface area contributed by atoms with Crippen molar-refractivity contribution in [3.63, 3.8) is 0 Å². The van der Waals surface area contributed by atoms with Gasteiger partial charge in [-0.1, -0.05) is 15.9 Å². The van der Waals surface area contributed by atoms with Gasteiger partial charge in [-0.3, -0.25) is 9.69 Å². The minimum atomic E-state index is -3.63. The van der Waals surface area contributed by atoms with Crippen LogP contribution < -0.4 is 4.90 Å². The lowest BCUT2D eigenvalue weighted by Gasteiger charge is -2.10. The second-order valence-electron chi connectivity index (χ2n) is 4.89. The van der Waals surface area contributed by atoms with Crippen LogP contribution in [0.1, 0.15) is 6.42 Å². The molecule has 0 radical (unpaired) electrons. The number of anilines is 1. The van der Waals surface area contributed by atoms with E-state index in [2.05, 4.69) is 20.9 Å². The zero-order chi connectivity index (χ0) is 15.2. The van der Waals surface area contributed by atoms with E-state index in [0.717, 1.165) is 4.47 Å². The van der Waals surface area contributed by atoms with Gasteiger partial charge < -0.3 is 4.42 Å². The van der Waals surface area contributed by atoms with Gasteiger partial charge in [0.15, 0.2) is 5.58 Å². The van der Waals surface area contributed by atoms with Gasteiger partial charge in [0.1, 0.15) is 5.52 Å². The number of fused-ring (bicyclic) bond motifs is 1. The van der Waals surface area contributed by atoms with Crippen molar-refractivity contribution in [3.05, 3.63) is 22.7 Å². The number of oxazole rings is 1. The fourth-order valence-electron chi connectivity index (χ4n) is 2.36. The average molecular weight is 394 g/mol. The molecule has 1 amide bonds. The number of hydrogen-bond donors (Lipinski definition) is 0. The van der Waals surface area contributed by atoms with Crippen LogP contribution in [0.5, 0.6) is 0 Å². The third kappa shape index (κ3) is 3.22. The summed E-state index contributed by atoms with van der Waals surface area (Å²) < 4.78 is 28.6. The van der Waals surface area contributed by atoms with Crippen molar-refractivity contribution >= 4 is 58.7 Å². The maximum atomic E-state index is 12.0. The minimum Gasteiger partial charge on any atom is -0.423 e. The molecule has 1 saturated heterocycles. The van der Waals surface area contributed by atoms with E-state index in [1.807, 2.05) is 6.07 Å². The molecule has 1 aromatic heterocycles. The summed E-state index contributed by atoms with van der Waals surface area (Å²) in [7, 11) is 1.60. The Labute approximate surface area is 133 Å². The highest BCUT2D eigenvalue weighted by atomic mass is 79.9. The Bertz CT molecular complexity index is 820. The SMILES string of the molecule is O=C1CC(CS(=O)(=O)Cl)CN1c1nc2ccc(Br)cc2o1. The first kappa shape index (κ1) is 14.8. The van der Waals surface area contributed by atoms with Crippen molar-refractivity contribution < 1.29 is 17.6 Å². The molecule has 1 fully saturated rings. The number of aromatic nitrogens is 1. The van der Waals surface area contributed by atoms with Crippen molar-refractivity contribution in [1.29, 1.82) is 0 Å². The van der Waals surface area contributed by atoms with E-state index in [0.29, 0.717) is 11.1 Å². The Balaban J connectivity index is 1.87. The predicted octanol–water partition coefficient (Wildman–Crippen LogP) is 2.51. The summed E-state index contributed by atoms with van der Waals surface area (Å²) in [6.07, 6.45) is 0.119. The van der Waals surface area contributed by atoms with Crippen LogP contribution >= 0.6 is 26.6 Å². The van der Waals surface area contributed by atoms with Crippen molar-refractivity contribution in [1.82, 2.24) is 4.98 Å². The molecule has 0 N–H and O–H groups in total. The van der Waals surface area contributed by atoms with Crippen molar-refractivity contribution in [2.24, 2.45) is 5.92 Å². The predicted molar refractivity (Wildman–Crippen MR) is 81.8 cm³/mol. The number of carbonyl (C=O) groups excluding carboxylic acids is 1. The zero-order valence-electron chi connectivity index (χ0n) is 10.6. The summed E-state index contributed by atoms with van der Waals surface area (Å²) in [5, 5.41) is 0. The van der Waals surface area contributed by atoms with Crippen LogP contribution in [0.15, 0.2) is 27.1 Å². The van der Waals surface area contributed by atoms with Gasteiger partial charge in [0.25, 0.3) is 0 Å². The summed E-state index contributed by atoms with van der Waals surface area (Å²) in [6.45, 7) is 0.235. The van der Waals surface area contributed by atoms with Crippen LogP contribution in [0, 0.1) is 5.92 Å². The third-order valence-corrected chi connectivity index (χ3v) is 4.95. The Morgan fingerprint density at radius 1 is 1.48 bits per heavy atom. The van der Waals surface area contributed by atoms with E-state index in [4.69, 9.17) is 15.1 Å². The molecule has 2 aromatic rings. The molecule has 1 aliphatic rings. The number of hydrogen-bond acceptors (Lipinski definition) is 5. The highest BCUT2D eigenvalue weighted by molar-refractivity contribution is 9.10. The fraction of sp³-hybridized carbons (Fsp3) is 0.333. The molecule has 2 heterocycles. The highest BCUT2D eigenvalue weighted by Gasteiger charge is 2.35. The van der Waals surface area contributed by atoms with Crippen LogP contribution in [-0.4, -0.2) is 31.6 Å². The molecule has 0 spiro atoms. The zero-order valence-corrected chi connectivity index (χ0v) is 13.8. The summed E-state index contributed by atoms with van der Waals surface area (Å²) >= 11 is 3.33. The van der Waals surface area contributed by atoms with Gasteiger partial charge in [0.2, 0.25) is 15.0 Å². The van der Waals surface area contributed by atoms with E-state index >= 15 is 0 Å². The van der Waals surface area contributed by atoms with E-state index < -0.39 is 9.05 Å². The number of benzene rings is 1. The van der Waals surface area contributed by atoms with Crippen molar-refractivity contribution in [2.45, 2.75) is 6.42 Å². The smallest absolute Gasteiger partial charge is 0.305 e. The second kappa shape index (κ2) is 5.26. The largest absolute Gasteiger partial charge is 0.423 e. The lowest BCUT2D eigenvalue weighted by atomic mass is 10.1. The molecular formula is C12H10BrClN2O4S. The minimum absolute atomic E-state index is 0.119. The first-order chi connectivity index (χ1) is 9.82. The number of carbonyl (C=O) groups is 1. The molecule has 9 heteroatoms. The van der Waals surface area contributed by atoms with E-state index in [1.54, 1.807) is 12.1 Å². The first-order valence-corrected chi connectivity index (χ1v) is 9.38. The Morgan fingerprint density at radius 3 is 2.95 bits per heavy atom. The molecule has 1 atom stereocenters. The molecular weight excluding hydrogens is 384 g/mol. The molecule has 1 unspecified atom stereocenters. The molecule has 1 aromatic carbocycles. The Hall–Kier alpha value is -1.12.